The van der Waals surface area contributed by atoms with E-state index in [0.29, 0.717) is 29.7 Å². The van der Waals surface area contributed by atoms with Gasteiger partial charge in [0.15, 0.2) is 0 Å². The highest BCUT2D eigenvalue weighted by Gasteiger charge is 2.38. The van der Waals surface area contributed by atoms with Gasteiger partial charge >= 0.3 is 0 Å². The fraction of sp³-hybridized carbons (Fsp3) is 0.455. The first-order chi connectivity index (χ1) is 14.3. The van der Waals surface area contributed by atoms with E-state index in [9.17, 15) is 9.59 Å². The second-order valence-corrected chi connectivity index (χ2v) is 9.52. The standard InChI is InChI=1S/C22H27Cl2N3O2S.ClH/c1-14(2)17-13-26(9-8-25-17)22(29)21(19-5-4-10-30-19)27(20(28)12-23)18-7-6-16(24)11-15(18)3;/h4-7,10-11,14,17,21,25H,8-9,12-13H2,1-3H3;1H/t17-,21+;/m1./s1. The number of piperazine rings is 1. The molecule has 3 rings (SSSR count). The first kappa shape index (κ1) is 25.9. The third-order valence-electron chi connectivity index (χ3n) is 5.43. The second-order valence-electron chi connectivity index (χ2n) is 7.84. The minimum Gasteiger partial charge on any atom is -0.338 e. The maximum atomic E-state index is 13.8. The normalized spacial score (nSPS) is 17.2. The molecule has 0 bridgehead atoms. The smallest absolute Gasteiger partial charge is 0.251 e. The quantitative estimate of drug-likeness (QED) is 0.569. The number of carbonyl (C=O) groups is 2. The molecule has 1 fully saturated rings. The molecule has 31 heavy (non-hydrogen) atoms. The van der Waals surface area contributed by atoms with E-state index >= 15 is 0 Å². The largest absolute Gasteiger partial charge is 0.338 e. The molecule has 0 radical (unpaired) electrons. The van der Waals surface area contributed by atoms with Gasteiger partial charge in [-0.15, -0.1) is 35.3 Å². The number of thiophene rings is 1. The minimum absolute atomic E-state index is 0. The molecule has 2 heterocycles. The van der Waals surface area contributed by atoms with Crippen LogP contribution in [0.1, 0.15) is 30.3 Å². The maximum absolute atomic E-state index is 13.8. The molecule has 0 unspecified atom stereocenters. The number of carbonyl (C=O) groups excluding carboxylic acids is 2. The summed E-state index contributed by atoms with van der Waals surface area (Å²) in [4.78, 5) is 31.1. The molecule has 1 saturated heterocycles. The molecule has 1 aliphatic rings. The Kier molecular flexibility index (Phi) is 9.65. The number of amides is 2. The van der Waals surface area contributed by atoms with Gasteiger partial charge < -0.3 is 10.2 Å². The summed E-state index contributed by atoms with van der Waals surface area (Å²) in [5, 5.41) is 5.98. The van der Waals surface area contributed by atoms with Crippen molar-refractivity contribution in [3.63, 3.8) is 0 Å². The van der Waals surface area contributed by atoms with Gasteiger partial charge in [0.2, 0.25) is 5.91 Å². The van der Waals surface area contributed by atoms with E-state index in [-0.39, 0.29) is 36.1 Å². The van der Waals surface area contributed by atoms with Gasteiger partial charge in [0.25, 0.3) is 5.91 Å². The van der Waals surface area contributed by atoms with Crippen molar-refractivity contribution in [2.24, 2.45) is 5.92 Å². The molecule has 170 valence electrons. The number of hydrogen-bond donors (Lipinski definition) is 1. The number of alkyl halides is 1. The molecule has 0 saturated carbocycles. The van der Waals surface area contributed by atoms with Crippen LogP contribution >= 0.6 is 46.9 Å². The van der Waals surface area contributed by atoms with E-state index in [0.717, 1.165) is 17.0 Å². The zero-order valence-electron chi connectivity index (χ0n) is 17.8. The lowest BCUT2D eigenvalue weighted by Crippen LogP contribution is -2.57. The van der Waals surface area contributed by atoms with Crippen molar-refractivity contribution in [3.8, 4) is 0 Å². The number of hydrogen-bond acceptors (Lipinski definition) is 4. The van der Waals surface area contributed by atoms with Crippen LogP contribution in [-0.2, 0) is 9.59 Å². The zero-order chi connectivity index (χ0) is 21.8. The highest BCUT2D eigenvalue weighted by Crippen LogP contribution is 2.35. The number of anilines is 1. The molecular formula is C22H28Cl3N3O2S. The SMILES string of the molecule is Cc1cc(Cl)ccc1N(C(=O)CCl)[C@H](C(=O)N1CCN[C@@H](C(C)C)C1)c1cccs1.Cl. The first-order valence-corrected chi connectivity index (χ1v) is 11.8. The average Bonchev–Trinajstić information content (AvgIpc) is 3.26. The predicted molar refractivity (Wildman–Crippen MR) is 132 cm³/mol. The van der Waals surface area contributed by atoms with Crippen molar-refractivity contribution < 1.29 is 9.59 Å². The highest BCUT2D eigenvalue weighted by atomic mass is 35.5. The van der Waals surface area contributed by atoms with Gasteiger partial charge in [-0.2, -0.15) is 0 Å². The second kappa shape index (κ2) is 11.5. The number of nitrogens with one attached hydrogen (secondary N) is 1. The summed E-state index contributed by atoms with van der Waals surface area (Å²) in [7, 11) is 0. The Morgan fingerprint density at radius 2 is 2.06 bits per heavy atom. The molecule has 2 amide bonds. The summed E-state index contributed by atoms with van der Waals surface area (Å²) < 4.78 is 0. The summed E-state index contributed by atoms with van der Waals surface area (Å²) in [6.07, 6.45) is 0. The van der Waals surface area contributed by atoms with Gasteiger partial charge in [-0.3, -0.25) is 14.5 Å². The van der Waals surface area contributed by atoms with E-state index < -0.39 is 6.04 Å². The summed E-state index contributed by atoms with van der Waals surface area (Å²) in [6.45, 7) is 8.11. The molecule has 1 aromatic heterocycles. The van der Waals surface area contributed by atoms with Gasteiger partial charge in [-0.1, -0.05) is 31.5 Å². The molecule has 1 N–H and O–H groups in total. The average molecular weight is 505 g/mol. The van der Waals surface area contributed by atoms with Crippen molar-refractivity contribution in [2.75, 3.05) is 30.4 Å². The Labute approximate surface area is 204 Å². The summed E-state index contributed by atoms with van der Waals surface area (Å²) in [6, 6.07) is 8.56. The van der Waals surface area contributed by atoms with E-state index in [2.05, 4.69) is 19.2 Å². The van der Waals surface area contributed by atoms with Crippen LogP contribution in [0.5, 0.6) is 0 Å². The Morgan fingerprint density at radius 3 is 2.65 bits per heavy atom. The van der Waals surface area contributed by atoms with E-state index in [1.165, 1.54) is 11.3 Å². The molecule has 1 aliphatic heterocycles. The summed E-state index contributed by atoms with van der Waals surface area (Å²) in [5.74, 6) is -0.213. The van der Waals surface area contributed by atoms with Crippen LogP contribution < -0.4 is 10.2 Å². The van der Waals surface area contributed by atoms with Gasteiger partial charge in [-0.05, 0) is 48.1 Å². The van der Waals surface area contributed by atoms with Crippen LogP contribution in [0.15, 0.2) is 35.7 Å². The van der Waals surface area contributed by atoms with Crippen LogP contribution in [-0.4, -0.2) is 48.3 Å². The number of nitrogens with zero attached hydrogens (tertiary/aromatic N) is 2. The van der Waals surface area contributed by atoms with Gasteiger partial charge in [-0.25, -0.2) is 0 Å². The van der Waals surface area contributed by atoms with Crippen LogP contribution in [0.4, 0.5) is 5.69 Å². The van der Waals surface area contributed by atoms with Crippen LogP contribution in [0.3, 0.4) is 0 Å². The van der Waals surface area contributed by atoms with Crippen LogP contribution in [0.25, 0.3) is 0 Å². The van der Waals surface area contributed by atoms with E-state index in [1.807, 2.05) is 29.3 Å². The molecule has 2 atom stereocenters. The molecule has 9 heteroatoms. The van der Waals surface area contributed by atoms with Crippen molar-refractivity contribution in [1.29, 1.82) is 0 Å². The van der Waals surface area contributed by atoms with Gasteiger partial charge in [0.1, 0.15) is 11.9 Å². The molecule has 5 nitrogen and oxygen atoms in total. The molecule has 2 aromatic rings. The predicted octanol–water partition coefficient (Wildman–Crippen LogP) is 4.90. The number of halogens is 3. The van der Waals surface area contributed by atoms with Crippen LogP contribution in [0, 0.1) is 12.8 Å². The van der Waals surface area contributed by atoms with Crippen molar-refractivity contribution in [3.05, 3.63) is 51.2 Å². The number of rotatable bonds is 6. The van der Waals surface area contributed by atoms with E-state index in [1.54, 1.807) is 23.1 Å². The fourth-order valence-electron chi connectivity index (χ4n) is 3.78. The fourth-order valence-corrected chi connectivity index (χ4v) is 4.94. The molecule has 1 aromatic carbocycles. The molecule has 0 spiro atoms. The maximum Gasteiger partial charge on any atom is 0.251 e. The Bertz CT molecular complexity index is 892. The topological polar surface area (TPSA) is 52.7 Å². The van der Waals surface area contributed by atoms with Gasteiger partial charge in [0, 0.05) is 41.3 Å². The van der Waals surface area contributed by atoms with Gasteiger partial charge in [0.05, 0.1) is 0 Å². The lowest BCUT2D eigenvalue weighted by atomic mass is 10.0. The monoisotopic (exact) mass is 503 g/mol. The number of aryl methyl sites for hydroxylation is 1. The van der Waals surface area contributed by atoms with Crippen LogP contribution in [0.2, 0.25) is 5.02 Å². The zero-order valence-corrected chi connectivity index (χ0v) is 21.0. The molecular weight excluding hydrogens is 477 g/mol. The Hall–Kier alpha value is -1.31. The Balaban J connectivity index is 0.00000341. The lowest BCUT2D eigenvalue weighted by molar-refractivity contribution is -0.135. The number of benzene rings is 1. The Morgan fingerprint density at radius 1 is 1.32 bits per heavy atom. The molecule has 0 aliphatic carbocycles. The van der Waals surface area contributed by atoms with Crippen molar-refractivity contribution in [1.82, 2.24) is 10.2 Å². The lowest BCUT2D eigenvalue weighted by Gasteiger charge is -2.40. The van der Waals surface area contributed by atoms with E-state index in [4.69, 9.17) is 23.2 Å². The first-order valence-electron chi connectivity index (χ1n) is 10.0. The third kappa shape index (κ3) is 5.93. The minimum atomic E-state index is -0.762. The highest BCUT2D eigenvalue weighted by molar-refractivity contribution is 7.10. The van der Waals surface area contributed by atoms with Crippen molar-refractivity contribution >= 4 is 64.4 Å². The van der Waals surface area contributed by atoms with Crippen molar-refractivity contribution in [2.45, 2.75) is 32.9 Å². The summed E-state index contributed by atoms with van der Waals surface area (Å²) in [5.41, 5.74) is 1.46. The third-order valence-corrected chi connectivity index (χ3v) is 6.82. The summed E-state index contributed by atoms with van der Waals surface area (Å²) >= 11 is 13.6.